The maximum Gasteiger partial charge on any atom is 0.255 e. The van der Waals surface area contributed by atoms with Gasteiger partial charge in [-0.3, -0.25) is 0 Å². The Morgan fingerprint density at radius 1 is 1.42 bits per heavy atom. The Balaban J connectivity index is 3.39. The molecule has 0 bridgehead atoms. The van der Waals surface area contributed by atoms with Crippen molar-refractivity contribution in [1.82, 2.24) is 5.14 Å². The van der Waals surface area contributed by atoms with Crippen LogP contribution in [0.5, 0.6) is 0 Å². The van der Waals surface area contributed by atoms with Crippen LogP contribution in [0.2, 0.25) is 5.02 Å². The molecule has 0 fully saturated rings. The average molecular weight is 209 g/mol. The van der Waals surface area contributed by atoms with E-state index >= 15 is 0 Å². The molecule has 0 aliphatic heterocycles. The van der Waals surface area contributed by atoms with E-state index in [-0.39, 0.29) is 9.92 Å². The molecule has 0 aliphatic rings. The van der Waals surface area contributed by atoms with Crippen molar-refractivity contribution in [3.05, 3.63) is 29.0 Å². The second kappa shape index (κ2) is 3.01. The summed E-state index contributed by atoms with van der Waals surface area (Å²) >= 11 is 5.37. The van der Waals surface area contributed by atoms with E-state index in [9.17, 15) is 12.8 Å². The van der Waals surface area contributed by atoms with E-state index in [0.29, 0.717) is 0 Å². The van der Waals surface area contributed by atoms with Gasteiger partial charge in [0.2, 0.25) is 0 Å². The number of hydrogen-bond donors (Lipinski definition) is 0. The van der Waals surface area contributed by atoms with Crippen molar-refractivity contribution < 1.29 is 12.8 Å². The van der Waals surface area contributed by atoms with Crippen LogP contribution >= 0.6 is 11.6 Å². The molecule has 0 spiro atoms. The third-order valence-corrected chi connectivity index (χ3v) is 2.54. The lowest BCUT2D eigenvalue weighted by Crippen LogP contribution is -2.01. The normalized spacial score (nSPS) is 11.6. The monoisotopic (exact) mass is 208 g/mol. The van der Waals surface area contributed by atoms with Gasteiger partial charge < -0.3 is 0 Å². The van der Waals surface area contributed by atoms with Crippen molar-refractivity contribution >= 4 is 21.6 Å². The molecule has 0 aromatic heterocycles. The zero-order chi connectivity index (χ0) is 9.35. The lowest BCUT2D eigenvalue weighted by molar-refractivity contribution is 0.595. The molecule has 1 radical (unpaired) electrons. The summed E-state index contributed by atoms with van der Waals surface area (Å²) in [4.78, 5) is -0.384. The van der Waals surface area contributed by atoms with Gasteiger partial charge in [0.05, 0.1) is 5.02 Å². The minimum absolute atomic E-state index is 0.273. The quantitative estimate of drug-likeness (QED) is 0.702. The van der Waals surface area contributed by atoms with Crippen molar-refractivity contribution in [3.63, 3.8) is 0 Å². The molecule has 1 rings (SSSR count). The lowest BCUT2D eigenvalue weighted by atomic mass is 10.3. The van der Waals surface area contributed by atoms with E-state index in [1.165, 1.54) is 0 Å². The van der Waals surface area contributed by atoms with Crippen LogP contribution in [0.3, 0.4) is 0 Å². The van der Waals surface area contributed by atoms with Crippen LogP contribution in [-0.4, -0.2) is 8.42 Å². The van der Waals surface area contributed by atoms with Gasteiger partial charge in [-0.2, -0.15) is 0 Å². The average Bonchev–Trinajstić information content (AvgIpc) is 1.83. The number of hydrogen-bond acceptors (Lipinski definition) is 2. The van der Waals surface area contributed by atoms with Crippen molar-refractivity contribution in [2.45, 2.75) is 4.90 Å². The fourth-order valence-electron chi connectivity index (χ4n) is 0.693. The number of nitrogens with one attached hydrogen (secondary N) is 1. The van der Waals surface area contributed by atoms with Gasteiger partial charge in [0.1, 0.15) is 10.7 Å². The largest absolute Gasteiger partial charge is 0.255 e. The Labute approximate surface area is 74.0 Å². The first-order valence-electron chi connectivity index (χ1n) is 2.86. The molecule has 0 heterocycles. The number of sulfonamides is 1. The van der Waals surface area contributed by atoms with Gasteiger partial charge in [0, 0.05) is 0 Å². The predicted octanol–water partition coefficient (Wildman–Crippen LogP) is 1.45. The molecule has 3 nitrogen and oxygen atoms in total. The molecule has 1 N–H and O–H groups in total. The maximum atomic E-state index is 12.4. The number of rotatable bonds is 1. The highest BCUT2D eigenvalue weighted by atomic mass is 35.5. The van der Waals surface area contributed by atoms with E-state index < -0.39 is 15.8 Å². The van der Waals surface area contributed by atoms with E-state index in [0.717, 1.165) is 18.2 Å². The van der Waals surface area contributed by atoms with Gasteiger partial charge in [0.15, 0.2) is 0 Å². The summed E-state index contributed by atoms with van der Waals surface area (Å²) in [6, 6.07) is 2.75. The van der Waals surface area contributed by atoms with E-state index in [2.05, 4.69) is 0 Å². The Kier molecular flexibility index (Phi) is 2.36. The minimum Gasteiger partial charge on any atom is -0.207 e. The van der Waals surface area contributed by atoms with E-state index in [4.69, 9.17) is 16.7 Å². The highest BCUT2D eigenvalue weighted by molar-refractivity contribution is 7.89. The molecular formula is C6H4ClFNO2S. The second-order valence-corrected chi connectivity index (χ2v) is 3.93. The van der Waals surface area contributed by atoms with Crippen LogP contribution in [0, 0.1) is 5.82 Å². The molecule has 12 heavy (non-hydrogen) atoms. The standard InChI is InChI=1S/C6H4ClFNO2S/c7-5-3-4(8)1-2-6(5)12(9,10)11/h1-3,9H. The Morgan fingerprint density at radius 3 is 2.42 bits per heavy atom. The highest BCUT2D eigenvalue weighted by Gasteiger charge is 2.13. The molecule has 0 amide bonds. The summed E-state index contributed by atoms with van der Waals surface area (Å²) in [5.74, 6) is -0.632. The fourth-order valence-corrected chi connectivity index (χ4v) is 1.73. The molecule has 1 aromatic rings. The second-order valence-electron chi connectivity index (χ2n) is 2.08. The van der Waals surface area contributed by atoms with Crippen LogP contribution < -0.4 is 5.14 Å². The first-order valence-corrected chi connectivity index (χ1v) is 4.72. The summed E-state index contributed by atoms with van der Waals surface area (Å²) in [5, 5.41) is 6.38. The number of halogens is 2. The van der Waals surface area contributed by atoms with Crippen molar-refractivity contribution in [2.24, 2.45) is 0 Å². The Bertz CT molecular complexity index is 404. The Morgan fingerprint density at radius 2 is 2.00 bits per heavy atom. The van der Waals surface area contributed by atoms with Gasteiger partial charge in [-0.25, -0.2) is 12.8 Å². The maximum absolute atomic E-state index is 12.4. The van der Waals surface area contributed by atoms with Gasteiger partial charge >= 0.3 is 0 Å². The molecular weight excluding hydrogens is 205 g/mol. The lowest BCUT2D eigenvalue weighted by Gasteiger charge is -1.98. The summed E-state index contributed by atoms with van der Waals surface area (Å²) in [6.07, 6.45) is 0. The number of benzene rings is 1. The molecule has 0 aliphatic carbocycles. The van der Waals surface area contributed by atoms with Gasteiger partial charge in [0.25, 0.3) is 10.0 Å². The van der Waals surface area contributed by atoms with Crippen LogP contribution in [-0.2, 0) is 10.0 Å². The predicted molar refractivity (Wildman–Crippen MR) is 41.7 cm³/mol. The first kappa shape index (κ1) is 9.44. The molecule has 0 unspecified atom stereocenters. The van der Waals surface area contributed by atoms with Crippen molar-refractivity contribution in [3.8, 4) is 0 Å². The van der Waals surface area contributed by atoms with Crippen LogP contribution in [0.1, 0.15) is 0 Å². The molecule has 0 atom stereocenters. The van der Waals surface area contributed by atoms with Gasteiger partial charge in [-0.15, -0.1) is 5.14 Å². The van der Waals surface area contributed by atoms with E-state index in [1.807, 2.05) is 0 Å². The summed E-state index contributed by atoms with van der Waals surface area (Å²) in [6.45, 7) is 0. The van der Waals surface area contributed by atoms with Crippen LogP contribution in [0.25, 0.3) is 0 Å². The Hall–Kier alpha value is -0.650. The topological polar surface area (TPSA) is 57.9 Å². The van der Waals surface area contributed by atoms with Gasteiger partial charge in [-0.1, -0.05) is 11.6 Å². The summed E-state index contributed by atoms with van der Waals surface area (Å²) in [5.41, 5.74) is 0. The van der Waals surface area contributed by atoms with E-state index in [1.54, 1.807) is 0 Å². The fraction of sp³-hybridized carbons (Fsp3) is 0. The molecule has 6 heteroatoms. The van der Waals surface area contributed by atoms with Crippen LogP contribution in [0.15, 0.2) is 23.1 Å². The van der Waals surface area contributed by atoms with Crippen LogP contribution in [0.4, 0.5) is 4.39 Å². The third kappa shape index (κ3) is 1.94. The zero-order valence-electron chi connectivity index (χ0n) is 5.71. The zero-order valence-corrected chi connectivity index (χ0v) is 7.29. The van der Waals surface area contributed by atoms with Gasteiger partial charge in [-0.05, 0) is 18.2 Å². The molecule has 0 saturated heterocycles. The third-order valence-electron chi connectivity index (χ3n) is 1.18. The molecule has 1 aromatic carbocycles. The summed E-state index contributed by atoms with van der Waals surface area (Å²) < 4.78 is 33.6. The van der Waals surface area contributed by atoms with Crippen molar-refractivity contribution in [1.29, 1.82) is 0 Å². The summed E-state index contributed by atoms with van der Waals surface area (Å²) in [7, 11) is -4.10. The SMILES string of the molecule is [NH]S(=O)(=O)c1ccc(F)cc1Cl. The van der Waals surface area contributed by atoms with Crippen molar-refractivity contribution in [2.75, 3.05) is 0 Å². The first-order chi connectivity index (χ1) is 5.41. The smallest absolute Gasteiger partial charge is 0.207 e. The minimum atomic E-state index is -4.10. The highest BCUT2D eigenvalue weighted by Crippen LogP contribution is 2.20. The molecule has 0 saturated carbocycles. The molecule has 65 valence electrons.